The molecule has 3 spiro atoms. The Morgan fingerprint density at radius 3 is 2.75 bits per heavy atom. The Bertz CT molecular complexity index is 774. The number of fused-ring (bicyclic) bond motifs is 1. The Morgan fingerprint density at radius 1 is 1.14 bits per heavy atom. The summed E-state index contributed by atoms with van der Waals surface area (Å²) >= 11 is 0. The highest BCUT2D eigenvalue weighted by molar-refractivity contribution is 5.70. The zero-order valence-corrected chi connectivity index (χ0v) is 17.0. The van der Waals surface area contributed by atoms with Gasteiger partial charge in [-0.05, 0) is 37.5 Å². The first kappa shape index (κ1) is 17.2. The molecule has 7 aliphatic rings. The molecule has 7 rings (SSSR count). The average Bonchev–Trinajstić information content (AvgIpc) is 3.22. The van der Waals surface area contributed by atoms with E-state index < -0.39 is 17.3 Å². The predicted molar refractivity (Wildman–Crippen MR) is 100.0 cm³/mol. The summed E-state index contributed by atoms with van der Waals surface area (Å²) in [6.45, 7) is 2.70. The molecule has 5 saturated carbocycles. The van der Waals surface area contributed by atoms with E-state index in [0.717, 1.165) is 32.1 Å². The molecule has 1 N–H and O–H groups in total. The standard InChI is InChI=1S/C22H31NO5/c1-19-5-4-15(26-3)22-12-6-11-13(25-2)7-20(16(12)17(11)24)21(8-14(19)22,28-10-27-20)18(22)23-9-19/h9,11-18,24H,4-8,10H2,1-3H3/t11-,12-,13+,14-,15+,16-,17+,18-,19+,20-,21-,22-/m1/s1. The number of aliphatic hydroxyl groups excluding tert-OH is 1. The van der Waals surface area contributed by atoms with Crippen molar-refractivity contribution in [1.29, 1.82) is 0 Å². The van der Waals surface area contributed by atoms with Gasteiger partial charge in [0.15, 0.2) is 0 Å². The second-order valence-electron chi connectivity index (χ2n) is 10.9. The van der Waals surface area contributed by atoms with E-state index in [2.05, 4.69) is 13.1 Å². The molecule has 12 atom stereocenters. The van der Waals surface area contributed by atoms with Crippen LogP contribution in [0.1, 0.15) is 39.0 Å². The maximum atomic E-state index is 11.5. The Morgan fingerprint density at radius 2 is 1.96 bits per heavy atom. The van der Waals surface area contributed by atoms with Gasteiger partial charge in [-0.25, -0.2) is 0 Å². The van der Waals surface area contributed by atoms with Crippen LogP contribution in [0.3, 0.4) is 0 Å². The van der Waals surface area contributed by atoms with E-state index in [1.807, 2.05) is 7.11 Å². The maximum Gasteiger partial charge on any atom is 0.148 e. The quantitative estimate of drug-likeness (QED) is 0.780. The lowest BCUT2D eigenvalue weighted by molar-refractivity contribution is -0.238. The second-order valence-corrected chi connectivity index (χ2v) is 10.9. The van der Waals surface area contributed by atoms with Crippen LogP contribution in [0.15, 0.2) is 4.99 Å². The lowest BCUT2D eigenvalue weighted by atomic mass is 9.44. The molecule has 6 nitrogen and oxygen atoms in total. The fourth-order valence-corrected chi connectivity index (χ4v) is 9.98. The summed E-state index contributed by atoms with van der Waals surface area (Å²) in [5.74, 6) is 1.10. The topological polar surface area (TPSA) is 69.5 Å². The van der Waals surface area contributed by atoms with Crippen LogP contribution in [0.2, 0.25) is 0 Å². The van der Waals surface area contributed by atoms with Crippen LogP contribution < -0.4 is 0 Å². The Kier molecular flexibility index (Phi) is 2.98. The third-order valence-electron chi connectivity index (χ3n) is 10.7. The van der Waals surface area contributed by atoms with Gasteiger partial charge in [0, 0.05) is 49.5 Å². The van der Waals surface area contributed by atoms with Gasteiger partial charge in [-0.3, -0.25) is 4.99 Å². The summed E-state index contributed by atoms with van der Waals surface area (Å²) in [4.78, 5) is 5.27. The second kappa shape index (κ2) is 4.86. The van der Waals surface area contributed by atoms with Crippen molar-refractivity contribution in [2.45, 2.75) is 74.6 Å². The number of hydrogen-bond acceptors (Lipinski definition) is 6. The summed E-state index contributed by atoms with van der Waals surface area (Å²) in [5, 5.41) is 11.5. The van der Waals surface area contributed by atoms with E-state index in [1.54, 1.807) is 7.11 Å². The number of hydrogen-bond donors (Lipinski definition) is 1. The van der Waals surface area contributed by atoms with E-state index in [4.69, 9.17) is 23.9 Å². The zero-order chi connectivity index (χ0) is 19.1. The first-order chi connectivity index (χ1) is 13.5. The van der Waals surface area contributed by atoms with Crippen LogP contribution in [0.4, 0.5) is 0 Å². The van der Waals surface area contributed by atoms with Crippen LogP contribution in [-0.2, 0) is 18.9 Å². The van der Waals surface area contributed by atoms with Crippen molar-refractivity contribution in [1.82, 2.24) is 0 Å². The van der Waals surface area contributed by atoms with Gasteiger partial charge >= 0.3 is 0 Å². The van der Waals surface area contributed by atoms with Gasteiger partial charge in [0.25, 0.3) is 0 Å². The molecule has 6 fully saturated rings. The molecule has 2 aliphatic heterocycles. The number of ether oxygens (including phenoxy) is 4. The van der Waals surface area contributed by atoms with Crippen LogP contribution in [0.25, 0.3) is 0 Å². The number of nitrogens with zero attached hydrogens (tertiary/aromatic N) is 1. The van der Waals surface area contributed by atoms with Crippen molar-refractivity contribution in [3.8, 4) is 0 Å². The summed E-state index contributed by atoms with van der Waals surface area (Å²) in [7, 11) is 3.65. The minimum atomic E-state index is -0.487. The van der Waals surface area contributed by atoms with E-state index >= 15 is 0 Å². The molecule has 0 unspecified atom stereocenters. The molecule has 7 bridgehead atoms. The minimum Gasteiger partial charge on any atom is -0.392 e. The third kappa shape index (κ3) is 1.40. The van der Waals surface area contributed by atoms with Gasteiger partial charge < -0.3 is 24.1 Å². The van der Waals surface area contributed by atoms with Crippen molar-refractivity contribution >= 4 is 6.21 Å². The van der Waals surface area contributed by atoms with Crippen LogP contribution in [0, 0.1) is 34.5 Å². The van der Waals surface area contributed by atoms with Crippen molar-refractivity contribution in [2.75, 3.05) is 21.0 Å². The summed E-state index contributed by atoms with van der Waals surface area (Å²) < 4.78 is 25.3. The highest BCUT2D eigenvalue weighted by Gasteiger charge is 2.89. The molecule has 0 aromatic rings. The minimum absolute atomic E-state index is 0.0189. The monoisotopic (exact) mass is 389 g/mol. The first-order valence-corrected chi connectivity index (χ1v) is 11.0. The third-order valence-corrected chi connectivity index (χ3v) is 10.7. The van der Waals surface area contributed by atoms with E-state index in [9.17, 15) is 5.11 Å². The molecule has 5 aliphatic carbocycles. The molecule has 28 heavy (non-hydrogen) atoms. The molecule has 0 aromatic heterocycles. The molecule has 0 amide bonds. The SMILES string of the molecule is CO[C@H]1C[C@]23OCO[C@@]24C[C@H]2[C@@]5([C@@H](OC)CC[C@@]2(C)C=N[C@@H]54)[C@@H]2C[C@H]1[C@H](O)[C@@H]23. The first-order valence-electron chi connectivity index (χ1n) is 11.0. The fraction of sp³-hybridized carbons (Fsp3) is 0.955. The lowest BCUT2D eigenvalue weighted by Gasteiger charge is -2.65. The van der Waals surface area contributed by atoms with Gasteiger partial charge in [-0.1, -0.05) is 6.92 Å². The van der Waals surface area contributed by atoms with Gasteiger partial charge in [0.2, 0.25) is 0 Å². The Hall–Kier alpha value is -0.530. The lowest BCUT2D eigenvalue weighted by Crippen LogP contribution is -2.75. The van der Waals surface area contributed by atoms with Crippen LogP contribution in [-0.4, -0.2) is 67.9 Å². The van der Waals surface area contributed by atoms with Gasteiger partial charge in [0.05, 0.1) is 24.4 Å². The highest BCUT2D eigenvalue weighted by Crippen LogP contribution is 2.81. The van der Waals surface area contributed by atoms with E-state index in [-0.39, 0.29) is 40.9 Å². The molecule has 0 aromatic carbocycles. The van der Waals surface area contributed by atoms with Crippen LogP contribution >= 0.6 is 0 Å². The van der Waals surface area contributed by atoms with E-state index in [1.165, 1.54) is 0 Å². The summed E-state index contributed by atoms with van der Waals surface area (Å²) in [5.41, 5.74) is -0.915. The normalized spacial score (nSPS) is 67.6. The van der Waals surface area contributed by atoms with Crippen molar-refractivity contribution < 1.29 is 24.1 Å². The molecule has 0 radical (unpaired) electrons. The summed E-state index contributed by atoms with van der Waals surface area (Å²) in [6.07, 6.45) is 7.00. The van der Waals surface area contributed by atoms with Gasteiger partial charge in [-0.15, -0.1) is 0 Å². The molecule has 1 saturated heterocycles. The van der Waals surface area contributed by atoms with Crippen molar-refractivity contribution in [2.24, 2.45) is 39.5 Å². The molecule has 154 valence electrons. The fourth-order valence-electron chi connectivity index (χ4n) is 9.98. The smallest absolute Gasteiger partial charge is 0.148 e. The van der Waals surface area contributed by atoms with Crippen LogP contribution in [0.5, 0.6) is 0 Å². The zero-order valence-electron chi connectivity index (χ0n) is 17.0. The average molecular weight is 389 g/mol. The maximum absolute atomic E-state index is 11.5. The number of methoxy groups -OCH3 is 2. The molecular weight excluding hydrogens is 358 g/mol. The Labute approximate surface area is 166 Å². The van der Waals surface area contributed by atoms with Crippen molar-refractivity contribution in [3.05, 3.63) is 0 Å². The molecular formula is C22H31NO5. The molecule has 6 heteroatoms. The number of rotatable bonds is 2. The highest BCUT2D eigenvalue weighted by atomic mass is 16.7. The Balaban J connectivity index is 1.53. The largest absolute Gasteiger partial charge is 0.392 e. The van der Waals surface area contributed by atoms with Gasteiger partial charge in [-0.2, -0.15) is 0 Å². The summed E-state index contributed by atoms with van der Waals surface area (Å²) in [6, 6.07) is 0.0635. The van der Waals surface area contributed by atoms with E-state index in [0.29, 0.717) is 18.6 Å². The number of aliphatic hydroxyl groups is 1. The number of aliphatic imine (C=N–C) groups is 1. The van der Waals surface area contributed by atoms with Gasteiger partial charge in [0.1, 0.15) is 18.0 Å². The van der Waals surface area contributed by atoms with Crippen molar-refractivity contribution in [3.63, 3.8) is 0 Å². The molecule has 2 heterocycles. The predicted octanol–water partition coefficient (Wildman–Crippen LogP) is 1.79.